The van der Waals surface area contributed by atoms with Crippen molar-refractivity contribution in [2.75, 3.05) is 32.7 Å². The molecule has 0 aromatic carbocycles. The van der Waals surface area contributed by atoms with Crippen molar-refractivity contribution in [1.82, 2.24) is 15.5 Å². The van der Waals surface area contributed by atoms with Gasteiger partial charge in [-0.1, -0.05) is 20.8 Å². The molecular formula is C14H32N4. The van der Waals surface area contributed by atoms with Crippen LogP contribution < -0.4 is 10.6 Å². The van der Waals surface area contributed by atoms with Crippen molar-refractivity contribution in [1.29, 1.82) is 0 Å². The molecule has 0 heterocycles. The predicted octanol–water partition coefficient (Wildman–Crippen LogP) is 2.07. The maximum Gasteiger partial charge on any atom is 0.191 e. The van der Waals surface area contributed by atoms with E-state index in [4.69, 9.17) is 0 Å². The lowest BCUT2D eigenvalue weighted by atomic mass is 10.3. The molecule has 0 saturated carbocycles. The maximum atomic E-state index is 4.61. The highest BCUT2D eigenvalue weighted by Crippen LogP contribution is 1.92. The summed E-state index contributed by atoms with van der Waals surface area (Å²) in [5, 5.41) is 6.70. The van der Waals surface area contributed by atoms with Crippen molar-refractivity contribution in [3.63, 3.8) is 0 Å². The number of aliphatic imine (C=N–C) groups is 1. The molecule has 2 N–H and O–H groups in total. The number of hydrogen-bond acceptors (Lipinski definition) is 2. The van der Waals surface area contributed by atoms with Gasteiger partial charge in [0.25, 0.3) is 0 Å². The van der Waals surface area contributed by atoms with Gasteiger partial charge in [-0.25, -0.2) is 0 Å². The zero-order chi connectivity index (χ0) is 13.8. The molecule has 0 aromatic heterocycles. The van der Waals surface area contributed by atoms with Crippen LogP contribution in [0.1, 0.15) is 47.5 Å². The van der Waals surface area contributed by atoms with E-state index in [9.17, 15) is 0 Å². The fraction of sp³-hybridized carbons (Fsp3) is 0.929. The zero-order valence-electron chi connectivity index (χ0n) is 12.9. The van der Waals surface area contributed by atoms with Crippen molar-refractivity contribution in [2.24, 2.45) is 4.99 Å². The highest BCUT2D eigenvalue weighted by Gasteiger charge is 2.02. The van der Waals surface area contributed by atoms with Crippen molar-refractivity contribution in [2.45, 2.75) is 53.5 Å². The normalized spacial score (nSPS) is 13.8. The second-order valence-electron chi connectivity index (χ2n) is 4.59. The van der Waals surface area contributed by atoms with E-state index in [1.165, 1.54) is 0 Å². The summed E-state index contributed by atoms with van der Waals surface area (Å²) in [6.45, 7) is 16.1. The Bertz CT molecular complexity index is 212. The molecule has 0 amide bonds. The summed E-state index contributed by atoms with van der Waals surface area (Å²) in [7, 11) is 0. The van der Waals surface area contributed by atoms with Crippen molar-refractivity contribution in [3.8, 4) is 0 Å². The molecule has 108 valence electrons. The summed E-state index contributed by atoms with van der Waals surface area (Å²) < 4.78 is 0. The largest absolute Gasteiger partial charge is 0.357 e. The van der Waals surface area contributed by atoms with Crippen molar-refractivity contribution in [3.05, 3.63) is 0 Å². The van der Waals surface area contributed by atoms with Gasteiger partial charge >= 0.3 is 0 Å². The third-order valence-corrected chi connectivity index (χ3v) is 3.14. The molecule has 0 radical (unpaired) electrons. The second-order valence-corrected chi connectivity index (χ2v) is 4.59. The van der Waals surface area contributed by atoms with E-state index in [1.807, 2.05) is 0 Å². The van der Waals surface area contributed by atoms with Crippen LogP contribution in [0.15, 0.2) is 4.99 Å². The van der Waals surface area contributed by atoms with Gasteiger partial charge in [-0.2, -0.15) is 0 Å². The Hall–Kier alpha value is -0.770. The Morgan fingerprint density at radius 1 is 1.17 bits per heavy atom. The molecule has 0 bridgehead atoms. The Balaban J connectivity index is 3.99. The fourth-order valence-electron chi connectivity index (χ4n) is 1.68. The monoisotopic (exact) mass is 256 g/mol. The minimum atomic E-state index is 0.477. The lowest BCUT2D eigenvalue weighted by molar-refractivity contribution is 0.302. The number of rotatable bonds is 9. The summed E-state index contributed by atoms with van der Waals surface area (Å²) in [6, 6.07) is 0.477. The first-order valence-electron chi connectivity index (χ1n) is 7.44. The molecular weight excluding hydrogens is 224 g/mol. The van der Waals surface area contributed by atoms with Gasteiger partial charge in [0.05, 0.1) is 0 Å². The van der Waals surface area contributed by atoms with Crippen LogP contribution in [0.5, 0.6) is 0 Å². The van der Waals surface area contributed by atoms with Gasteiger partial charge in [0.15, 0.2) is 5.96 Å². The maximum absolute atomic E-state index is 4.61. The molecule has 1 unspecified atom stereocenters. The van der Waals surface area contributed by atoms with Gasteiger partial charge in [-0.3, -0.25) is 4.99 Å². The first-order valence-corrected chi connectivity index (χ1v) is 7.44. The molecule has 0 aliphatic heterocycles. The molecule has 0 saturated heterocycles. The number of guanidine groups is 1. The van der Waals surface area contributed by atoms with Crippen LogP contribution in [0, 0.1) is 0 Å². The standard InChI is InChI=1S/C14H32N4/c1-6-13(5)17-14(15-7-2)16-11-10-12-18(8-3)9-4/h13H,6-12H2,1-5H3,(H2,15,16,17). The third-order valence-electron chi connectivity index (χ3n) is 3.14. The van der Waals surface area contributed by atoms with E-state index >= 15 is 0 Å². The Kier molecular flexibility index (Phi) is 10.8. The average molecular weight is 256 g/mol. The first-order chi connectivity index (χ1) is 8.67. The molecule has 4 nitrogen and oxygen atoms in total. The lowest BCUT2D eigenvalue weighted by Gasteiger charge is -2.18. The molecule has 4 heteroatoms. The van der Waals surface area contributed by atoms with Gasteiger partial charge in [0.1, 0.15) is 0 Å². The zero-order valence-corrected chi connectivity index (χ0v) is 12.9. The quantitative estimate of drug-likeness (QED) is 0.377. The number of nitrogens with one attached hydrogen (secondary N) is 2. The molecule has 0 fully saturated rings. The fourth-order valence-corrected chi connectivity index (χ4v) is 1.68. The van der Waals surface area contributed by atoms with Gasteiger partial charge < -0.3 is 15.5 Å². The molecule has 0 spiro atoms. The van der Waals surface area contributed by atoms with Crippen molar-refractivity contribution < 1.29 is 0 Å². The van der Waals surface area contributed by atoms with E-state index in [2.05, 4.69) is 55.1 Å². The summed E-state index contributed by atoms with van der Waals surface area (Å²) in [4.78, 5) is 7.04. The minimum Gasteiger partial charge on any atom is -0.357 e. The second kappa shape index (κ2) is 11.3. The first kappa shape index (κ1) is 17.2. The van der Waals surface area contributed by atoms with Gasteiger partial charge in [0.2, 0.25) is 0 Å². The highest BCUT2D eigenvalue weighted by atomic mass is 15.2. The molecule has 0 rings (SSSR count). The molecule has 0 aliphatic rings. The molecule has 1 atom stereocenters. The Morgan fingerprint density at radius 2 is 1.83 bits per heavy atom. The van der Waals surface area contributed by atoms with Gasteiger partial charge in [-0.05, 0) is 46.3 Å². The SMILES string of the molecule is CCNC(=NCCCN(CC)CC)NC(C)CC. The van der Waals surface area contributed by atoms with E-state index in [0.717, 1.165) is 51.5 Å². The minimum absolute atomic E-state index is 0.477. The average Bonchev–Trinajstić information content (AvgIpc) is 2.38. The van der Waals surface area contributed by atoms with E-state index in [1.54, 1.807) is 0 Å². The molecule has 0 aromatic rings. The van der Waals surface area contributed by atoms with Crippen LogP contribution in [0.2, 0.25) is 0 Å². The summed E-state index contributed by atoms with van der Waals surface area (Å²) in [5.41, 5.74) is 0. The van der Waals surface area contributed by atoms with E-state index in [-0.39, 0.29) is 0 Å². The van der Waals surface area contributed by atoms with E-state index < -0.39 is 0 Å². The van der Waals surface area contributed by atoms with Crippen LogP contribution in [0.3, 0.4) is 0 Å². The summed E-state index contributed by atoms with van der Waals surface area (Å²) in [5.74, 6) is 0.950. The third kappa shape index (κ3) is 8.34. The Labute approximate surface area is 113 Å². The summed E-state index contributed by atoms with van der Waals surface area (Å²) in [6.07, 6.45) is 2.24. The van der Waals surface area contributed by atoms with Crippen LogP contribution in [-0.4, -0.2) is 49.6 Å². The topological polar surface area (TPSA) is 39.7 Å². The summed E-state index contributed by atoms with van der Waals surface area (Å²) >= 11 is 0. The smallest absolute Gasteiger partial charge is 0.191 e. The van der Waals surface area contributed by atoms with Gasteiger partial charge in [0, 0.05) is 19.1 Å². The van der Waals surface area contributed by atoms with Gasteiger partial charge in [-0.15, -0.1) is 0 Å². The number of hydrogen-bond donors (Lipinski definition) is 2. The van der Waals surface area contributed by atoms with Crippen LogP contribution in [0.25, 0.3) is 0 Å². The van der Waals surface area contributed by atoms with Crippen LogP contribution >= 0.6 is 0 Å². The lowest BCUT2D eigenvalue weighted by Crippen LogP contribution is -2.42. The van der Waals surface area contributed by atoms with Crippen molar-refractivity contribution >= 4 is 5.96 Å². The Morgan fingerprint density at radius 3 is 2.33 bits per heavy atom. The molecule has 18 heavy (non-hydrogen) atoms. The van der Waals surface area contributed by atoms with Crippen LogP contribution in [-0.2, 0) is 0 Å². The van der Waals surface area contributed by atoms with E-state index in [0.29, 0.717) is 6.04 Å². The van der Waals surface area contributed by atoms with Crippen LogP contribution in [0.4, 0.5) is 0 Å². The molecule has 0 aliphatic carbocycles. The number of nitrogens with zero attached hydrogens (tertiary/aromatic N) is 2. The predicted molar refractivity (Wildman–Crippen MR) is 81.3 cm³/mol. The highest BCUT2D eigenvalue weighted by molar-refractivity contribution is 5.79.